The average molecular weight is 812 g/mol. The molecule has 0 bridgehead atoms. The Morgan fingerprint density at radius 3 is 2.31 bits per heavy atom. The van der Waals surface area contributed by atoms with Crippen LogP contribution in [0.25, 0.3) is 21.9 Å². The molecule has 59 heavy (non-hydrogen) atoms. The Morgan fingerprint density at radius 1 is 0.966 bits per heavy atom. The second-order valence-corrected chi connectivity index (χ2v) is 14.0. The van der Waals surface area contributed by atoms with Crippen LogP contribution in [0.3, 0.4) is 0 Å². The van der Waals surface area contributed by atoms with Crippen molar-refractivity contribution < 1.29 is 48.1 Å². The number of imide groups is 2. The highest BCUT2D eigenvalue weighted by molar-refractivity contribution is 6.24. The van der Waals surface area contributed by atoms with Gasteiger partial charge in [-0.3, -0.25) is 48.7 Å². The van der Waals surface area contributed by atoms with E-state index in [9.17, 15) is 28.8 Å². The lowest BCUT2D eigenvalue weighted by atomic mass is 9.99. The van der Waals surface area contributed by atoms with Gasteiger partial charge >= 0.3 is 0 Å². The maximum atomic E-state index is 13.3. The van der Waals surface area contributed by atoms with Crippen molar-refractivity contribution in [2.24, 2.45) is 7.05 Å². The van der Waals surface area contributed by atoms with Crippen LogP contribution in [0.5, 0.6) is 17.2 Å². The fourth-order valence-electron chi connectivity index (χ4n) is 7.57. The number of carboxylic acid groups (broad SMARTS) is 1. The number of aryl methyl sites for hydroxylation is 1. The van der Waals surface area contributed by atoms with E-state index < -0.39 is 29.7 Å². The first-order valence-corrected chi connectivity index (χ1v) is 18.9. The van der Waals surface area contributed by atoms with Crippen LogP contribution in [0.2, 0.25) is 0 Å². The Morgan fingerprint density at radius 2 is 1.66 bits per heavy atom. The van der Waals surface area contributed by atoms with Crippen molar-refractivity contribution in [3.8, 4) is 28.4 Å². The van der Waals surface area contributed by atoms with Crippen molar-refractivity contribution in [3.05, 3.63) is 75.8 Å². The minimum atomic E-state index is -1.07. The maximum Gasteiger partial charge on any atom is 0.290 e. The van der Waals surface area contributed by atoms with Crippen LogP contribution in [-0.2, 0) is 32.8 Å². The number of ether oxygens (including phenoxy) is 3. The fraction of sp³-hybridized carbons (Fsp3) is 0.366. The van der Waals surface area contributed by atoms with Crippen LogP contribution in [-0.4, -0.2) is 125 Å². The Labute approximate surface area is 338 Å². The summed E-state index contributed by atoms with van der Waals surface area (Å²) in [6, 6.07) is 9.25. The average Bonchev–Trinajstić information content (AvgIpc) is 3.49. The van der Waals surface area contributed by atoms with Crippen molar-refractivity contribution in [1.82, 2.24) is 29.6 Å². The summed E-state index contributed by atoms with van der Waals surface area (Å²) in [5.41, 5.74) is 2.58. The molecule has 7 rings (SSSR count). The molecular formula is C41H45N7O11. The molecule has 3 aliphatic rings. The van der Waals surface area contributed by atoms with Gasteiger partial charge in [-0.15, -0.1) is 0 Å². The van der Waals surface area contributed by atoms with E-state index in [1.165, 1.54) is 6.07 Å². The van der Waals surface area contributed by atoms with E-state index >= 15 is 0 Å². The van der Waals surface area contributed by atoms with Crippen LogP contribution in [0.1, 0.15) is 52.0 Å². The quantitative estimate of drug-likeness (QED) is 0.106. The molecule has 2 saturated heterocycles. The van der Waals surface area contributed by atoms with Gasteiger partial charge in [0.15, 0.2) is 0 Å². The van der Waals surface area contributed by atoms with Gasteiger partial charge in [-0.1, -0.05) is 6.07 Å². The molecule has 3 aliphatic heterocycles. The summed E-state index contributed by atoms with van der Waals surface area (Å²) in [7, 11) is 6.70. The number of piperazine rings is 1. The number of amides is 5. The first-order valence-electron chi connectivity index (χ1n) is 18.9. The molecule has 1 atom stereocenters. The standard InChI is InChI=1S/C40H43N7O9.CH2O2/c1-41-33-19-25-26(20-42-33)27(21-44(2)38(25)51)23-17-31(54-3)28(32(18-23)55-4)22-45-12-14-46(15-13-45)35(49)9-6-16-56-30-8-5-7-24-36(30)40(53)47(39(24)52)29-10-11-34(48)43-37(29)50;2-1-3/h5,7-8,17-21,29H,6,9-16,22H2,1-4H3,(H,41,42)(H,43,48,50);1H,(H,2,3). The van der Waals surface area contributed by atoms with Gasteiger partial charge in [0.1, 0.15) is 29.1 Å². The van der Waals surface area contributed by atoms with Crippen molar-refractivity contribution in [3.63, 3.8) is 0 Å². The van der Waals surface area contributed by atoms with Crippen molar-refractivity contribution in [2.75, 3.05) is 59.4 Å². The zero-order valence-electron chi connectivity index (χ0n) is 33.1. The zero-order valence-corrected chi connectivity index (χ0v) is 33.1. The number of pyridine rings is 2. The number of anilines is 1. The van der Waals surface area contributed by atoms with Crippen molar-refractivity contribution >= 4 is 52.6 Å². The number of fused-ring (bicyclic) bond motifs is 2. The van der Waals surface area contributed by atoms with Gasteiger partial charge in [0, 0.05) is 83.0 Å². The highest BCUT2D eigenvalue weighted by Crippen LogP contribution is 2.38. The molecule has 1 unspecified atom stereocenters. The number of hydrogen-bond acceptors (Lipinski definition) is 13. The highest BCUT2D eigenvalue weighted by atomic mass is 16.5. The second-order valence-electron chi connectivity index (χ2n) is 14.0. The van der Waals surface area contributed by atoms with Crippen LogP contribution < -0.4 is 30.4 Å². The van der Waals surface area contributed by atoms with E-state index in [4.69, 9.17) is 24.1 Å². The summed E-state index contributed by atoms with van der Waals surface area (Å²) in [4.78, 5) is 94.4. The third-order valence-electron chi connectivity index (χ3n) is 10.6. The topological polar surface area (TPSA) is 219 Å². The number of rotatable bonds is 12. The largest absolute Gasteiger partial charge is 0.496 e. The first-order chi connectivity index (χ1) is 28.4. The predicted molar refractivity (Wildman–Crippen MR) is 213 cm³/mol. The van der Waals surface area contributed by atoms with Gasteiger partial charge in [-0.2, -0.15) is 0 Å². The third kappa shape index (κ3) is 8.57. The van der Waals surface area contributed by atoms with E-state index in [0.29, 0.717) is 67.2 Å². The molecule has 18 nitrogen and oxygen atoms in total. The Bertz CT molecular complexity index is 2350. The van der Waals surface area contributed by atoms with Crippen LogP contribution in [0.4, 0.5) is 5.82 Å². The summed E-state index contributed by atoms with van der Waals surface area (Å²) in [6.07, 6.45) is 4.20. The van der Waals surface area contributed by atoms with Crippen LogP contribution in [0, 0.1) is 0 Å². The third-order valence-corrected chi connectivity index (χ3v) is 10.6. The minimum absolute atomic E-state index is 0.0119. The molecule has 0 saturated carbocycles. The number of carbonyl (C=O) groups excluding carboxylic acids is 5. The molecule has 2 aromatic heterocycles. The molecule has 0 spiro atoms. The molecule has 5 heterocycles. The van der Waals surface area contributed by atoms with Crippen LogP contribution in [0.15, 0.2) is 53.6 Å². The van der Waals surface area contributed by atoms with E-state index in [0.717, 1.165) is 21.6 Å². The van der Waals surface area contributed by atoms with E-state index in [1.807, 2.05) is 17.0 Å². The molecule has 4 aromatic rings. The molecular weight excluding hydrogens is 766 g/mol. The monoisotopic (exact) mass is 811 g/mol. The lowest BCUT2D eigenvalue weighted by Crippen LogP contribution is -2.54. The number of carbonyl (C=O) groups is 6. The fourth-order valence-corrected chi connectivity index (χ4v) is 7.57. The van der Waals surface area contributed by atoms with Gasteiger partial charge in [-0.05, 0) is 48.7 Å². The Kier molecular flexibility index (Phi) is 12.9. The first kappa shape index (κ1) is 41.8. The normalized spacial score (nSPS) is 16.6. The van der Waals surface area contributed by atoms with Gasteiger partial charge < -0.3 is 34.1 Å². The zero-order chi connectivity index (χ0) is 42.4. The number of aromatic nitrogens is 2. The Balaban J connectivity index is 0.00000189. The van der Waals surface area contributed by atoms with E-state index in [1.54, 1.807) is 63.5 Å². The molecule has 5 amide bonds. The summed E-state index contributed by atoms with van der Waals surface area (Å²) in [5.74, 6) is -0.305. The number of nitrogens with one attached hydrogen (secondary N) is 2. The summed E-state index contributed by atoms with van der Waals surface area (Å²) < 4.78 is 19.2. The number of piperidine rings is 1. The van der Waals surface area contributed by atoms with E-state index in [2.05, 4.69) is 20.5 Å². The Hall–Kier alpha value is -6.82. The maximum absolute atomic E-state index is 13.3. The molecule has 18 heteroatoms. The number of benzene rings is 2. The lowest BCUT2D eigenvalue weighted by molar-refractivity contribution is -0.136. The van der Waals surface area contributed by atoms with Crippen LogP contribution >= 0.6 is 0 Å². The minimum Gasteiger partial charge on any atom is -0.496 e. The van der Waals surface area contributed by atoms with Gasteiger partial charge in [0.25, 0.3) is 23.8 Å². The number of nitrogens with zero attached hydrogens (tertiary/aromatic N) is 5. The van der Waals surface area contributed by atoms with Gasteiger partial charge in [0.05, 0.1) is 42.9 Å². The number of methoxy groups -OCH3 is 2. The van der Waals surface area contributed by atoms with Gasteiger partial charge in [-0.25, -0.2) is 4.98 Å². The molecule has 3 N–H and O–H groups in total. The SMILES string of the molecule is CNc1cc2c(=O)n(C)cc(-c3cc(OC)c(CN4CCN(C(=O)CCCOc5cccc6c5C(=O)N(C5CCC(=O)NC5=O)C6=O)CC4)c(OC)c3)c2cn1.O=CO. The van der Waals surface area contributed by atoms with Crippen molar-refractivity contribution in [2.45, 2.75) is 38.3 Å². The predicted octanol–water partition coefficient (Wildman–Crippen LogP) is 2.26. The summed E-state index contributed by atoms with van der Waals surface area (Å²) in [5, 5.41) is 13.3. The molecule has 310 valence electrons. The molecule has 0 aliphatic carbocycles. The number of hydrogen-bond donors (Lipinski definition) is 3. The second kappa shape index (κ2) is 18.2. The molecule has 0 radical (unpaired) electrons. The van der Waals surface area contributed by atoms with Gasteiger partial charge in [0.2, 0.25) is 17.7 Å². The summed E-state index contributed by atoms with van der Waals surface area (Å²) in [6.45, 7) is 2.77. The smallest absolute Gasteiger partial charge is 0.290 e. The van der Waals surface area contributed by atoms with Crippen molar-refractivity contribution in [1.29, 1.82) is 0 Å². The molecule has 2 fully saturated rings. The highest BCUT2D eigenvalue weighted by Gasteiger charge is 2.46. The lowest BCUT2D eigenvalue weighted by Gasteiger charge is -2.35. The van der Waals surface area contributed by atoms with E-state index in [-0.39, 0.29) is 60.7 Å². The summed E-state index contributed by atoms with van der Waals surface area (Å²) >= 11 is 0. The molecule has 2 aromatic carbocycles.